The highest BCUT2D eigenvalue weighted by atomic mass is 16.3. The average Bonchev–Trinajstić information content (AvgIpc) is 2.92. The van der Waals surface area contributed by atoms with Gasteiger partial charge in [0, 0.05) is 6.20 Å². The van der Waals surface area contributed by atoms with Gasteiger partial charge in [-0.1, -0.05) is 24.3 Å². The van der Waals surface area contributed by atoms with Gasteiger partial charge in [0.2, 0.25) is 0 Å². The fourth-order valence-corrected chi connectivity index (χ4v) is 1.83. The number of hydrogen-bond donors (Lipinski definition) is 4. The van der Waals surface area contributed by atoms with Gasteiger partial charge >= 0.3 is 0 Å². The lowest BCUT2D eigenvalue weighted by molar-refractivity contribution is 0.0150. The third-order valence-electron chi connectivity index (χ3n) is 2.89. The quantitative estimate of drug-likeness (QED) is 0.629. The van der Waals surface area contributed by atoms with Gasteiger partial charge in [-0.3, -0.25) is 5.10 Å². The van der Waals surface area contributed by atoms with Crippen molar-refractivity contribution in [1.29, 1.82) is 0 Å². The van der Waals surface area contributed by atoms with Gasteiger partial charge in [-0.05, 0) is 30.2 Å². The molecule has 0 bridgehead atoms. The van der Waals surface area contributed by atoms with E-state index in [9.17, 15) is 10.2 Å². The first-order valence-corrected chi connectivity index (χ1v) is 5.88. The average molecular weight is 247 g/mol. The van der Waals surface area contributed by atoms with Crippen LogP contribution in [0.4, 0.5) is 0 Å². The van der Waals surface area contributed by atoms with Crippen molar-refractivity contribution in [3.63, 3.8) is 0 Å². The van der Waals surface area contributed by atoms with Crippen molar-refractivity contribution in [3.05, 3.63) is 42.1 Å². The van der Waals surface area contributed by atoms with Crippen molar-refractivity contribution in [1.82, 2.24) is 10.2 Å². The van der Waals surface area contributed by atoms with E-state index in [1.54, 1.807) is 18.3 Å². The molecule has 18 heavy (non-hydrogen) atoms. The molecule has 2 aromatic rings. The normalized spacial score (nSPS) is 14.4. The van der Waals surface area contributed by atoms with Gasteiger partial charge in [-0.15, -0.1) is 0 Å². The first kappa shape index (κ1) is 12.8. The molecule has 5 N–H and O–H groups in total. The number of aliphatic hydroxyl groups excluding tert-OH is 2. The molecule has 1 aromatic heterocycles. The molecule has 2 unspecified atom stereocenters. The second kappa shape index (κ2) is 5.77. The van der Waals surface area contributed by atoms with Crippen LogP contribution < -0.4 is 5.73 Å². The Labute approximate surface area is 105 Å². The lowest BCUT2D eigenvalue weighted by Crippen LogP contribution is -2.21. The number of benzene rings is 1. The van der Waals surface area contributed by atoms with Crippen LogP contribution in [-0.4, -0.2) is 33.1 Å². The molecule has 0 aliphatic carbocycles. The molecule has 0 saturated heterocycles. The van der Waals surface area contributed by atoms with E-state index in [0.717, 1.165) is 11.3 Å². The Morgan fingerprint density at radius 1 is 1.17 bits per heavy atom. The Hall–Kier alpha value is -1.69. The molecule has 0 radical (unpaired) electrons. The second-order valence-electron chi connectivity index (χ2n) is 4.18. The van der Waals surface area contributed by atoms with Gasteiger partial charge < -0.3 is 15.9 Å². The third kappa shape index (κ3) is 2.76. The zero-order valence-corrected chi connectivity index (χ0v) is 9.95. The predicted octanol–water partition coefficient (Wildman–Crippen LogP) is 0.820. The highest BCUT2D eigenvalue weighted by Gasteiger charge is 2.17. The number of nitrogens with one attached hydrogen (secondary N) is 1. The SMILES string of the molecule is NCCC(O)C(O)c1ccc(-c2ccn[nH]2)cc1. The number of aromatic nitrogens is 2. The van der Waals surface area contributed by atoms with Crippen LogP contribution in [0.15, 0.2) is 36.5 Å². The van der Waals surface area contributed by atoms with E-state index in [2.05, 4.69) is 10.2 Å². The molecule has 2 atom stereocenters. The standard InChI is InChI=1S/C13H17N3O2/c14-7-5-12(17)13(18)10-3-1-9(2-4-10)11-6-8-15-16-11/h1-4,6,8,12-13,17-18H,5,7,14H2,(H,15,16). The van der Waals surface area contributed by atoms with Gasteiger partial charge in [-0.25, -0.2) is 0 Å². The largest absolute Gasteiger partial charge is 0.390 e. The Balaban J connectivity index is 2.12. The molecular formula is C13H17N3O2. The van der Waals surface area contributed by atoms with Crippen LogP contribution in [-0.2, 0) is 0 Å². The minimum absolute atomic E-state index is 0.352. The fourth-order valence-electron chi connectivity index (χ4n) is 1.83. The van der Waals surface area contributed by atoms with E-state index in [0.29, 0.717) is 18.5 Å². The van der Waals surface area contributed by atoms with Crippen molar-refractivity contribution in [3.8, 4) is 11.3 Å². The smallest absolute Gasteiger partial charge is 0.105 e. The predicted molar refractivity (Wildman–Crippen MR) is 68.7 cm³/mol. The first-order valence-electron chi connectivity index (χ1n) is 5.88. The van der Waals surface area contributed by atoms with E-state index < -0.39 is 12.2 Å². The van der Waals surface area contributed by atoms with Crippen LogP contribution in [0, 0.1) is 0 Å². The summed E-state index contributed by atoms with van der Waals surface area (Å²) in [5.41, 5.74) is 7.93. The maximum atomic E-state index is 9.92. The summed E-state index contributed by atoms with van der Waals surface area (Å²) in [5, 5.41) is 26.3. The molecule has 0 saturated carbocycles. The van der Waals surface area contributed by atoms with Gasteiger partial charge in [0.15, 0.2) is 0 Å². The van der Waals surface area contributed by atoms with Crippen molar-refractivity contribution < 1.29 is 10.2 Å². The maximum Gasteiger partial charge on any atom is 0.105 e. The van der Waals surface area contributed by atoms with Crippen molar-refractivity contribution in [2.45, 2.75) is 18.6 Å². The summed E-state index contributed by atoms with van der Waals surface area (Å²) in [6.07, 6.45) is 0.337. The maximum absolute atomic E-state index is 9.92. The van der Waals surface area contributed by atoms with E-state index in [1.807, 2.05) is 18.2 Å². The molecule has 0 aliphatic heterocycles. The molecule has 1 aromatic carbocycles. The molecule has 0 aliphatic rings. The summed E-state index contributed by atoms with van der Waals surface area (Å²) in [6.45, 7) is 0.352. The number of aliphatic hydroxyl groups is 2. The monoisotopic (exact) mass is 247 g/mol. The molecular weight excluding hydrogens is 230 g/mol. The summed E-state index contributed by atoms with van der Waals surface area (Å²) in [5.74, 6) is 0. The van der Waals surface area contributed by atoms with E-state index in [-0.39, 0.29) is 0 Å². The molecule has 5 nitrogen and oxygen atoms in total. The summed E-state index contributed by atoms with van der Waals surface area (Å²) in [6, 6.07) is 9.21. The van der Waals surface area contributed by atoms with Crippen molar-refractivity contribution in [2.24, 2.45) is 5.73 Å². The fraction of sp³-hybridized carbons (Fsp3) is 0.308. The van der Waals surface area contributed by atoms with Crippen LogP contribution in [0.2, 0.25) is 0 Å². The minimum Gasteiger partial charge on any atom is -0.390 e. The van der Waals surface area contributed by atoms with Crippen molar-refractivity contribution >= 4 is 0 Å². The molecule has 0 amide bonds. The zero-order valence-electron chi connectivity index (χ0n) is 9.95. The number of rotatable bonds is 5. The Morgan fingerprint density at radius 2 is 1.89 bits per heavy atom. The Morgan fingerprint density at radius 3 is 2.44 bits per heavy atom. The highest BCUT2D eigenvalue weighted by Crippen LogP contribution is 2.22. The minimum atomic E-state index is -0.899. The molecule has 5 heteroatoms. The van der Waals surface area contributed by atoms with Crippen LogP contribution >= 0.6 is 0 Å². The molecule has 0 spiro atoms. The lowest BCUT2D eigenvalue weighted by atomic mass is 10.0. The summed E-state index contributed by atoms with van der Waals surface area (Å²) in [4.78, 5) is 0. The number of aromatic amines is 1. The summed E-state index contributed by atoms with van der Waals surface area (Å²) in [7, 11) is 0. The Bertz CT molecular complexity index is 467. The Kier molecular flexibility index (Phi) is 4.09. The number of nitrogens with two attached hydrogens (primary N) is 1. The zero-order chi connectivity index (χ0) is 13.0. The van der Waals surface area contributed by atoms with Crippen LogP contribution in [0.25, 0.3) is 11.3 Å². The van der Waals surface area contributed by atoms with Crippen LogP contribution in [0.3, 0.4) is 0 Å². The highest BCUT2D eigenvalue weighted by molar-refractivity contribution is 5.58. The van der Waals surface area contributed by atoms with Gasteiger partial charge in [0.05, 0.1) is 11.8 Å². The summed E-state index contributed by atoms with van der Waals surface area (Å²) >= 11 is 0. The van der Waals surface area contributed by atoms with Gasteiger partial charge in [-0.2, -0.15) is 5.10 Å². The molecule has 0 fully saturated rings. The topological polar surface area (TPSA) is 95.2 Å². The molecule has 96 valence electrons. The number of hydrogen-bond acceptors (Lipinski definition) is 4. The van der Waals surface area contributed by atoms with Gasteiger partial charge in [0.25, 0.3) is 0 Å². The first-order chi connectivity index (χ1) is 8.72. The van der Waals surface area contributed by atoms with Crippen LogP contribution in [0.1, 0.15) is 18.1 Å². The van der Waals surface area contributed by atoms with Crippen LogP contribution in [0.5, 0.6) is 0 Å². The number of nitrogens with zero attached hydrogens (tertiary/aromatic N) is 1. The van der Waals surface area contributed by atoms with E-state index >= 15 is 0 Å². The van der Waals surface area contributed by atoms with Crippen molar-refractivity contribution in [2.75, 3.05) is 6.54 Å². The lowest BCUT2D eigenvalue weighted by Gasteiger charge is -2.17. The molecule has 1 heterocycles. The van der Waals surface area contributed by atoms with E-state index in [1.165, 1.54) is 0 Å². The summed E-state index contributed by atoms with van der Waals surface area (Å²) < 4.78 is 0. The second-order valence-corrected chi connectivity index (χ2v) is 4.18. The van der Waals surface area contributed by atoms with Gasteiger partial charge in [0.1, 0.15) is 6.10 Å². The molecule has 2 rings (SSSR count). The van der Waals surface area contributed by atoms with E-state index in [4.69, 9.17) is 5.73 Å². The number of H-pyrrole nitrogens is 1. The third-order valence-corrected chi connectivity index (χ3v) is 2.89.